The molecule has 1 heterocycles. The first-order valence-electron chi connectivity index (χ1n) is 8.56. The van der Waals surface area contributed by atoms with E-state index in [1.54, 1.807) is 0 Å². The van der Waals surface area contributed by atoms with Crippen LogP contribution in [-0.2, 0) is 12.8 Å². The molecule has 2 aliphatic rings. The molecule has 0 aromatic carbocycles. The van der Waals surface area contributed by atoms with E-state index >= 15 is 0 Å². The Labute approximate surface area is 132 Å². The molecule has 2 aliphatic carbocycles. The lowest BCUT2D eigenvalue weighted by atomic mass is 9.87. The maximum Gasteiger partial charge on any atom is 0.117 e. The Morgan fingerprint density at radius 1 is 1.14 bits per heavy atom. The maximum atomic E-state index is 4.44. The molecule has 2 fully saturated rings. The van der Waals surface area contributed by atoms with Crippen molar-refractivity contribution in [3.05, 3.63) is 10.0 Å². The first-order chi connectivity index (χ1) is 9.99. The summed E-state index contributed by atoms with van der Waals surface area (Å²) in [5, 5.41) is 14.9. The average Bonchev–Trinajstić information content (AvgIpc) is 3.10. The third-order valence-electron chi connectivity index (χ3n) is 5.05. The molecule has 0 aliphatic heterocycles. The monoisotopic (exact) mass is 307 g/mol. The number of rotatable bonds is 6. The first-order valence-corrected chi connectivity index (χ1v) is 9.37. The van der Waals surface area contributed by atoms with Crippen molar-refractivity contribution in [2.24, 2.45) is 17.8 Å². The van der Waals surface area contributed by atoms with Crippen LogP contribution in [0, 0.1) is 17.8 Å². The maximum absolute atomic E-state index is 4.44. The van der Waals surface area contributed by atoms with E-state index in [0.29, 0.717) is 0 Å². The Balaban J connectivity index is 1.41. The lowest BCUT2D eigenvalue weighted by molar-refractivity contribution is 0.331. The Hall–Kier alpha value is -0.480. The minimum atomic E-state index is 0.216. The highest BCUT2D eigenvalue weighted by atomic mass is 32.1. The predicted molar refractivity (Wildman–Crippen MR) is 88.6 cm³/mol. The molecule has 118 valence electrons. The number of hydrogen-bond acceptors (Lipinski definition) is 4. The van der Waals surface area contributed by atoms with Gasteiger partial charge in [0, 0.05) is 18.4 Å². The molecule has 0 spiro atoms. The van der Waals surface area contributed by atoms with Gasteiger partial charge in [0.1, 0.15) is 10.0 Å². The SMILES string of the molecule is CC(C)(C)NCCCc1nnc(CC2CC3CCC2C3)s1. The summed E-state index contributed by atoms with van der Waals surface area (Å²) in [7, 11) is 0. The molecule has 1 aromatic rings. The molecular weight excluding hydrogens is 278 g/mol. The van der Waals surface area contributed by atoms with Crippen LogP contribution in [0.5, 0.6) is 0 Å². The average molecular weight is 308 g/mol. The van der Waals surface area contributed by atoms with Gasteiger partial charge in [-0.05, 0) is 70.8 Å². The van der Waals surface area contributed by atoms with E-state index in [9.17, 15) is 0 Å². The highest BCUT2D eigenvalue weighted by Crippen LogP contribution is 2.49. The van der Waals surface area contributed by atoms with Gasteiger partial charge in [0.25, 0.3) is 0 Å². The molecule has 4 heteroatoms. The third-order valence-corrected chi connectivity index (χ3v) is 6.06. The van der Waals surface area contributed by atoms with Gasteiger partial charge in [-0.2, -0.15) is 0 Å². The summed E-state index contributed by atoms with van der Waals surface area (Å²) in [5.74, 6) is 2.95. The van der Waals surface area contributed by atoms with Crippen LogP contribution >= 0.6 is 11.3 Å². The number of aryl methyl sites for hydroxylation is 1. The van der Waals surface area contributed by atoms with Crippen molar-refractivity contribution >= 4 is 11.3 Å². The molecule has 3 atom stereocenters. The summed E-state index contributed by atoms with van der Waals surface area (Å²) in [6, 6.07) is 0. The van der Waals surface area contributed by atoms with E-state index in [-0.39, 0.29) is 5.54 Å². The van der Waals surface area contributed by atoms with E-state index in [4.69, 9.17) is 0 Å². The third kappa shape index (κ3) is 4.26. The van der Waals surface area contributed by atoms with Gasteiger partial charge in [0.2, 0.25) is 0 Å². The zero-order chi connectivity index (χ0) is 14.9. The van der Waals surface area contributed by atoms with Crippen molar-refractivity contribution < 1.29 is 0 Å². The summed E-state index contributed by atoms with van der Waals surface area (Å²) in [6.45, 7) is 7.70. The van der Waals surface area contributed by atoms with E-state index < -0.39 is 0 Å². The molecule has 1 aromatic heterocycles. The standard InChI is InChI=1S/C17H29N3S/c1-17(2,3)18-8-4-5-15-19-20-16(21-15)11-14-10-12-6-7-13(14)9-12/h12-14,18H,4-11H2,1-3H3. The van der Waals surface area contributed by atoms with Crippen molar-refractivity contribution in [3.8, 4) is 0 Å². The van der Waals surface area contributed by atoms with Gasteiger partial charge in [0.05, 0.1) is 0 Å². The van der Waals surface area contributed by atoms with Crippen LogP contribution in [0.15, 0.2) is 0 Å². The van der Waals surface area contributed by atoms with E-state index in [0.717, 1.165) is 37.1 Å². The Bertz CT molecular complexity index is 463. The van der Waals surface area contributed by atoms with Gasteiger partial charge >= 0.3 is 0 Å². The fraction of sp³-hybridized carbons (Fsp3) is 0.882. The summed E-state index contributed by atoms with van der Waals surface area (Å²) >= 11 is 1.86. The molecule has 2 saturated carbocycles. The molecule has 3 nitrogen and oxygen atoms in total. The van der Waals surface area contributed by atoms with Crippen molar-refractivity contribution in [3.63, 3.8) is 0 Å². The van der Waals surface area contributed by atoms with Crippen LogP contribution in [0.2, 0.25) is 0 Å². The topological polar surface area (TPSA) is 37.8 Å². The second kappa shape index (κ2) is 6.33. The number of fused-ring (bicyclic) bond motifs is 2. The van der Waals surface area contributed by atoms with Gasteiger partial charge in [-0.25, -0.2) is 0 Å². The fourth-order valence-corrected chi connectivity index (χ4v) is 5.00. The Morgan fingerprint density at radius 3 is 2.62 bits per heavy atom. The fourth-order valence-electron chi connectivity index (χ4n) is 4.03. The first kappa shape index (κ1) is 15.4. The van der Waals surface area contributed by atoms with Crippen molar-refractivity contribution in [1.29, 1.82) is 0 Å². The number of nitrogens with one attached hydrogen (secondary N) is 1. The molecule has 3 unspecified atom stereocenters. The van der Waals surface area contributed by atoms with Crippen molar-refractivity contribution in [2.75, 3.05) is 6.54 Å². The summed E-state index contributed by atoms with van der Waals surface area (Å²) in [4.78, 5) is 0. The number of hydrogen-bond donors (Lipinski definition) is 1. The lowest BCUT2D eigenvalue weighted by Gasteiger charge is -2.20. The number of nitrogens with zero attached hydrogens (tertiary/aromatic N) is 2. The van der Waals surface area contributed by atoms with E-state index in [2.05, 4.69) is 36.3 Å². The van der Waals surface area contributed by atoms with Crippen LogP contribution < -0.4 is 5.32 Å². The predicted octanol–water partition coefficient (Wildman–Crippen LogP) is 3.84. The molecule has 21 heavy (non-hydrogen) atoms. The largest absolute Gasteiger partial charge is 0.312 e. The number of aromatic nitrogens is 2. The van der Waals surface area contributed by atoms with Crippen molar-refractivity contribution in [2.45, 2.75) is 71.3 Å². The molecular formula is C17H29N3S. The molecule has 3 rings (SSSR count). The minimum absolute atomic E-state index is 0.216. The highest BCUT2D eigenvalue weighted by molar-refractivity contribution is 7.11. The van der Waals surface area contributed by atoms with Crippen LogP contribution in [0.4, 0.5) is 0 Å². The van der Waals surface area contributed by atoms with Gasteiger partial charge < -0.3 is 5.32 Å². The normalized spacial score (nSPS) is 28.4. The van der Waals surface area contributed by atoms with Gasteiger partial charge in [-0.3, -0.25) is 0 Å². The molecule has 0 saturated heterocycles. The van der Waals surface area contributed by atoms with Crippen LogP contribution in [-0.4, -0.2) is 22.3 Å². The molecule has 0 radical (unpaired) electrons. The zero-order valence-electron chi connectivity index (χ0n) is 13.7. The van der Waals surface area contributed by atoms with Crippen LogP contribution in [0.3, 0.4) is 0 Å². The quantitative estimate of drug-likeness (QED) is 0.812. The summed E-state index contributed by atoms with van der Waals surface area (Å²) in [6.07, 6.45) is 9.32. The Morgan fingerprint density at radius 2 is 1.95 bits per heavy atom. The van der Waals surface area contributed by atoms with E-state index in [1.807, 2.05) is 11.3 Å². The Kier molecular flexibility index (Phi) is 4.65. The summed E-state index contributed by atoms with van der Waals surface area (Å²) < 4.78 is 0. The van der Waals surface area contributed by atoms with Crippen molar-refractivity contribution in [1.82, 2.24) is 15.5 Å². The minimum Gasteiger partial charge on any atom is -0.312 e. The second-order valence-corrected chi connectivity index (χ2v) is 9.16. The molecule has 1 N–H and O–H groups in total. The lowest BCUT2D eigenvalue weighted by Crippen LogP contribution is -2.36. The molecule has 0 amide bonds. The van der Waals surface area contributed by atoms with Gasteiger partial charge in [0.15, 0.2) is 0 Å². The van der Waals surface area contributed by atoms with Gasteiger partial charge in [-0.15, -0.1) is 21.5 Å². The zero-order valence-corrected chi connectivity index (χ0v) is 14.5. The second-order valence-electron chi connectivity index (χ2n) is 8.01. The van der Waals surface area contributed by atoms with E-state index in [1.165, 1.54) is 42.1 Å². The smallest absolute Gasteiger partial charge is 0.117 e. The molecule has 2 bridgehead atoms. The highest BCUT2D eigenvalue weighted by Gasteiger charge is 2.39. The summed E-state index contributed by atoms with van der Waals surface area (Å²) in [5.41, 5.74) is 0.216. The van der Waals surface area contributed by atoms with Gasteiger partial charge in [-0.1, -0.05) is 6.42 Å². The van der Waals surface area contributed by atoms with Crippen LogP contribution in [0.1, 0.15) is 62.9 Å². The van der Waals surface area contributed by atoms with Crippen LogP contribution in [0.25, 0.3) is 0 Å².